The van der Waals surface area contributed by atoms with Crippen molar-refractivity contribution < 1.29 is 29.0 Å². The van der Waals surface area contributed by atoms with E-state index in [2.05, 4.69) is 5.32 Å². The fraction of sp³-hybridized carbons (Fsp3) is 0.357. The van der Waals surface area contributed by atoms with E-state index in [1.165, 1.54) is 37.1 Å². The molecule has 0 radical (unpaired) electrons. The minimum atomic E-state index is -0.891. The number of thioether (sulfide) groups is 1. The number of amides is 2. The van der Waals surface area contributed by atoms with Crippen LogP contribution in [-0.4, -0.2) is 54.7 Å². The summed E-state index contributed by atoms with van der Waals surface area (Å²) in [5.74, 6) is -0.727. The van der Waals surface area contributed by atoms with Gasteiger partial charge in [-0.2, -0.15) is 0 Å². The first-order chi connectivity index (χ1) is 10.9. The van der Waals surface area contributed by atoms with Crippen molar-refractivity contribution in [2.45, 2.75) is 0 Å². The number of aliphatic carboxylic acids is 1. The fourth-order valence-corrected chi connectivity index (χ4v) is 2.14. The van der Waals surface area contributed by atoms with Gasteiger partial charge in [0, 0.05) is 17.9 Å². The van der Waals surface area contributed by atoms with Crippen LogP contribution in [0.4, 0.5) is 0 Å². The molecule has 2 amide bonds. The molecule has 0 saturated carbocycles. The molecule has 126 valence electrons. The van der Waals surface area contributed by atoms with E-state index in [0.29, 0.717) is 29.4 Å². The number of nitrogens with one attached hydrogen (secondary N) is 1. The van der Waals surface area contributed by atoms with Crippen LogP contribution < -0.4 is 20.5 Å². The summed E-state index contributed by atoms with van der Waals surface area (Å²) in [7, 11) is 1.41. The molecule has 0 saturated heterocycles. The maximum absolute atomic E-state index is 12.0. The summed E-state index contributed by atoms with van der Waals surface area (Å²) in [5.41, 5.74) is 5.36. The van der Waals surface area contributed by atoms with Crippen molar-refractivity contribution in [2.75, 3.05) is 31.8 Å². The second kappa shape index (κ2) is 9.57. The lowest BCUT2D eigenvalue weighted by Gasteiger charge is -2.11. The standard InChI is InChI=1S/C14H18N2O6S/c1-21-11-6-9(2-3-10(11)22-7-12(15)17)14(20)16-4-5-23-8-13(18)19/h2-3,6H,4-5,7-8H2,1H3,(H2,15,17)(H,16,20)(H,18,19). The normalized spacial score (nSPS) is 9.96. The van der Waals surface area contributed by atoms with E-state index in [4.69, 9.17) is 20.3 Å². The maximum atomic E-state index is 12.0. The van der Waals surface area contributed by atoms with Crippen LogP contribution in [0.25, 0.3) is 0 Å². The van der Waals surface area contributed by atoms with E-state index >= 15 is 0 Å². The summed E-state index contributed by atoms with van der Waals surface area (Å²) in [6.07, 6.45) is 0. The number of hydrogen-bond acceptors (Lipinski definition) is 6. The zero-order chi connectivity index (χ0) is 17.2. The zero-order valence-electron chi connectivity index (χ0n) is 12.5. The smallest absolute Gasteiger partial charge is 0.313 e. The second-order valence-corrected chi connectivity index (χ2v) is 5.43. The predicted molar refractivity (Wildman–Crippen MR) is 85.0 cm³/mol. The molecule has 0 unspecified atom stereocenters. The predicted octanol–water partition coefficient (Wildman–Crippen LogP) is 0.107. The van der Waals surface area contributed by atoms with Gasteiger partial charge in [-0.15, -0.1) is 11.8 Å². The Labute approximate surface area is 137 Å². The lowest BCUT2D eigenvalue weighted by molar-refractivity contribution is -0.133. The molecule has 23 heavy (non-hydrogen) atoms. The summed E-state index contributed by atoms with van der Waals surface area (Å²) < 4.78 is 10.3. The Bertz CT molecular complexity index is 578. The third-order valence-electron chi connectivity index (χ3n) is 2.55. The van der Waals surface area contributed by atoms with Crippen molar-refractivity contribution in [3.8, 4) is 11.5 Å². The van der Waals surface area contributed by atoms with Crippen molar-refractivity contribution >= 4 is 29.5 Å². The largest absolute Gasteiger partial charge is 0.493 e. The first-order valence-corrected chi connectivity index (χ1v) is 7.76. The number of carbonyl (C=O) groups is 3. The molecule has 0 aliphatic carbocycles. The number of carboxylic acids is 1. The van der Waals surface area contributed by atoms with Gasteiger partial charge in [0.1, 0.15) is 0 Å². The van der Waals surface area contributed by atoms with Crippen molar-refractivity contribution in [1.29, 1.82) is 0 Å². The van der Waals surface area contributed by atoms with E-state index in [-0.39, 0.29) is 18.3 Å². The molecule has 1 rings (SSSR count). The van der Waals surface area contributed by atoms with E-state index in [1.807, 2.05) is 0 Å². The number of benzene rings is 1. The minimum absolute atomic E-state index is 0.00437. The molecule has 9 heteroatoms. The first kappa shape index (κ1) is 18.6. The van der Waals surface area contributed by atoms with Crippen LogP contribution in [0.15, 0.2) is 18.2 Å². The molecular formula is C14H18N2O6S. The molecule has 0 bridgehead atoms. The Hall–Kier alpha value is -2.42. The van der Waals surface area contributed by atoms with E-state index < -0.39 is 11.9 Å². The molecule has 0 aliphatic rings. The van der Waals surface area contributed by atoms with Crippen molar-refractivity contribution in [2.24, 2.45) is 5.73 Å². The minimum Gasteiger partial charge on any atom is -0.493 e. The molecule has 0 spiro atoms. The maximum Gasteiger partial charge on any atom is 0.313 e. The number of methoxy groups -OCH3 is 1. The van der Waals surface area contributed by atoms with Crippen LogP contribution in [0.1, 0.15) is 10.4 Å². The molecule has 0 aromatic heterocycles. The van der Waals surface area contributed by atoms with Crippen LogP contribution in [0, 0.1) is 0 Å². The number of rotatable bonds is 10. The molecule has 1 aromatic rings. The Morgan fingerprint density at radius 3 is 2.65 bits per heavy atom. The topological polar surface area (TPSA) is 128 Å². The Kier molecular flexibility index (Phi) is 7.75. The number of carbonyl (C=O) groups excluding carboxylic acids is 2. The molecule has 0 aliphatic heterocycles. The molecule has 8 nitrogen and oxygen atoms in total. The van der Waals surface area contributed by atoms with Crippen LogP contribution in [0.3, 0.4) is 0 Å². The summed E-state index contributed by atoms with van der Waals surface area (Å²) in [6, 6.07) is 4.52. The van der Waals surface area contributed by atoms with Crippen LogP contribution in [0.5, 0.6) is 11.5 Å². The summed E-state index contributed by atoms with van der Waals surface area (Å²) >= 11 is 1.22. The molecule has 1 aromatic carbocycles. The highest BCUT2D eigenvalue weighted by molar-refractivity contribution is 7.99. The quantitative estimate of drug-likeness (QED) is 0.515. The second-order valence-electron chi connectivity index (χ2n) is 4.32. The highest BCUT2D eigenvalue weighted by Crippen LogP contribution is 2.27. The number of primary amides is 1. The third-order valence-corrected chi connectivity index (χ3v) is 3.50. The van der Waals surface area contributed by atoms with E-state index in [1.54, 1.807) is 0 Å². The van der Waals surface area contributed by atoms with E-state index in [9.17, 15) is 14.4 Å². The van der Waals surface area contributed by atoms with Crippen LogP contribution in [0.2, 0.25) is 0 Å². The van der Waals surface area contributed by atoms with Gasteiger partial charge in [0.25, 0.3) is 11.8 Å². The van der Waals surface area contributed by atoms with Gasteiger partial charge in [-0.3, -0.25) is 14.4 Å². The highest BCUT2D eigenvalue weighted by atomic mass is 32.2. The summed E-state index contributed by atoms with van der Waals surface area (Å²) in [5, 5.41) is 11.2. The van der Waals surface area contributed by atoms with Crippen LogP contribution in [-0.2, 0) is 9.59 Å². The number of nitrogens with two attached hydrogens (primary N) is 1. The van der Waals surface area contributed by atoms with Crippen molar-refractivity contribution in [3.05, 3.63) is 23.8 Å². The van der Waals surface area contributed by atoms with Crippen LogP contribution >= 0.6 is 11.8 Å². The lowest BCUT2D eigenvalue weighted by Crippen LogP contribution is -2.26. The molecular weight excluding hydrogens is 324 g/mol. The van der Waals surface area contributed by atoms with Gasteiger partial charge in [-0.1, -0.05) is 0 Å². The van der Waals surface area contributed by atoms with Gasteiger partial charge < -0.3 is 25.6 Å². The number of ether oxygens (including phenoxy) is 2. The zero-order valence-corrected chi connectivity index (χ0v) is 13.4. The average Bonchev–Trinajstić information content (AvgIpc) is 2.51. The van der Waals surface area contributed by atoms with Gasteiger partial charge in [0.15, 0.2) is 18.1 Å². The van der Waals surface area contributed by atoms with Crippen molar-refractivity contribution in [3.63, 3.8) is 0 Å². The van der Waals surface area contributed by atoms with Gasteiger partial charge in [0.2, 0.25) is 0 Å². The highest BCUT2D eigenvalue weighted by Gasteiger charge is 2.11. The Morgan fingerprint density at radius 2 is 2.04 bits per heavy atom. The number of carboxylic acid groups (broad SMARTS) is 1. The molecule has 0 fully saturated rings. The lowest BCUT2D eigenvalue weighted by atomic mass is 10.2. The Balaban J connectivity index is 2.57. The summed E-state index contributed by atoms with van der Waals surface area (Å²) in [4.78, 5) is 33.0. The monoisotopic (exact) mass is 342 g/mol. The van der Waals surface area contributed by atoms with Gasteiger partial charge in [0.05, 0.1) is 12.9 Å². The molecule has 0 atom stereocenters. The molecule has 4 N–H and O–H groups in total. The van der Waals surface area contributed by atoms with E-state index in [0.717, 1.165) is 0 Å². The SMILES string of the molecule is COc1cc(C(=O)NCCSCC(=O)O)ccc1OCC(N)=O. The fourth-order valence-electron chi connectivity index (χ4n) is 1.58. The summed E-state index contributed by atoms with van der Waals surface area (Å²) in [6.45, 7) is 0.0573. The van der Waals surface area contributed by atoms with Gasteiger partial charge in [-0.25, -0.2) is 0 Å². The van der Waals surface area contributed by atoms with Gasteiger partial charge >= 0.3 is 5.97 Å². The average molecular weight is 342 g/mol. The Morgan fingerprint density at radius 1 is 1.30 bits per heavy atom. The molecule has 0 heterocycles. The number of hydrogen-bond donors (Lipinski definition) is 3. The van der Waals surface area contributed by atoms with Crippen molar-refractivity contribution in [1.82, 2.24) is 5.32 Å². The third kappa shape index (κ3) is 6.92. The van der Waals surface area contributed by atoms with Gasteiger partial charge in [-0.05, 0) is 18.2 Å². The first-order valence-electron chi connectivity index (χ1n) is 6.61.